The van der Waals surface area contributed by atoms with Gasteiger partial charge in [0, 0.05) is 17.3 Å². The Morgan fingerprint density at radius 1 is 1.56 bits per heavy atom. The van der Waals surface area contributed by atoms with E-state index in [4.69, 9.17) is 11.6 Å². The van der Waals surface area contributed by atoms with Crippen molar-refractivity contribution in [2.75, 3.05) is 12.4 Å². The van der Waals surface area contributed by atoms with Crippen LogP contribution in [0.1, 0.15) is 34.3 Å². The molecule has 1 heterocycles. The molecule has 0 aliphatic heterocycles. The molecule has 0 spiro atoms. The summed E-state index contributed by atoms with van der Waals surface area (Å²) in [5, 5.41) is 2.92. The molecule has 0 saturated carbocycles. The Hall–Kier alpha value is -0.540. The number of aryl methyl sites for hydroxylation is 1. The van der Waals surface area contributed by atoms with Gasteiger partial charge in [0.2, 0.25) is 0 Å². The molecular formula is C12H18ClNOS. The second kappa shape index (κ2) is 6.92. The lowest BCUT2D eigenvalue weighted by atomic mass is 10.1. The molecule has 1 aromatic heterocycles. The van der Waals surface area contributed by atoms with Crippen LogP contribution in [0.15, 0.2) is 12.1 Å². The molecule has 0 saturated heterocycles. The summed E-state index contributed by atoms with van der Waals surface area (Å²) in [6.07, 6.45) is 2.05. The number of alkyl halides is 1. The second-order valence-corrected chi connectivity index (χ2v) is 5.66. The standard InChI is InChI=1S/C12H18ClNOS/c1-9(8-13)4-3-7-14-12(15)11-6-5-10(2)16-11/h5-6,9H,3-4,7-8H2,1-2H3,(H,14,15). The van der Waals surface area contributed by atoms with Gasteiger partial charge in [-0.1, -0.05) is 6.92 Å². The smallest absolute Gasteiger partial charge is 0.261 e. The van der Waals surface area contributed by atoms with E-state index < -0.39 is 0 Å². The largest absolute Gasteiger partial charge is 0.351 e. The maximum absolute atomic E-state index is 11.6. The van der Waals surface area contributed by atoms with E-state index in [1.807, 2.05) is 19.1 Å². The summed E-state index contributed by atoms with van der Waals surface area (Å²) in [5.74, 6) is 1.26. The molecule has 16 heavy (non-hydrogen) atoms. The van der Waals surface area contributed by atoms with Gasteiger partial charge in [0.15, 0.2) is 0 Å². The average Bonchev–Trinajstić information content (AvgIpc) is 2.70. The van der Waals surface area contributed by atoms with Crippen LogP contribution in [-0.2, 0) is 0 Å². The van der Waals surface area contributed by atoms with Crippen LogP contribution in [-0.4, -0.2) is 18.3 Å². The lowest BCUT2D eigenvalue weighted by molar-refractivity contribution is 0.0956. The Morgan fingerprint density at radius 2 is 2.31 bits per heavy atom. The van der Waals surface area contributed by atoms with Crippen LogP contribution in [0.2, 0.25) is 0 Å². The van der Waals surface area contributed by atoms with Crippen LogP contribution < -0.4 is 5.32 Å². The maximum Gasteiger partial charge on any atom is 0.261 e. The molecule has 1 amide bonds. The van der Waals surface area contributed by atoms with Crippen LogP contribution >= 0.6 is 22.9 Å². The van der Waals surface area contributed by atoms with Crippen molar-refractivity contribution in [3.05, 3.63) is 21.9 Å². The molecule has 4 heteroatoms. The lowest BCUT2D eigenvalue weighted by Gasteiger charge is -2.07. The number of hydrogen-bond donors (Lipinski definition) is 1. The fourth-order valence-corrected chi connectivity index (χ4v) is 2.31. The molecule has 0 fully saturated rings. The number of amides is 1. The van der Waals surface area contributed by atoms with Gasteiger partial charge in [0.05, 0.1) is 4.88 Å². The summed E-state index contributed by atoms with van der Waals surface area (Å²) >= 11 is 7.24. The highest BCUT2D eigenvalue weighted by Crippen LogP contribution is 2.14. The van der Waals surface area contributed by atoms with Crippen molar-refractivity contribution in [1.82, 2.24) is 5.32 Å². The van der Waals surface area contributed by atoms with E-state index in [-0.39, 0.29) is 5.91 Å². The summed E-state index contributed by atoms with van der Waals surface area (Å²) in [5.41, 5.74) is 0. The molecule has 1 aromatic rings. The zero-order valence-electron chi connectivity index (χ0n) is 9.75. The van der Waals surface area contributed by atoms with Crippen molar-refractivity contribution in [2.24, 2.45) is 5.92 Å². The summed E-state index contributed by atoms with van der Waals surface area (Å²) in [4.78, 5) is 13.6. The van der Waals surface area contributed by atoms with Gasteiger partial charge < -0.3 is 5.32 Å². The summed E-state index contributed by atoms with van der Waals surface area (Å²) in [6, 6.07) is 3.84. The van der Waals surface area contributed by atoms with E-state index in [1.165, 1.54) is 16.2 Å². The minimum Gasteiger partial charge on any atom is -0.351 e. The van der Waals surface area contributed by atoms with Crippen LogP contribution in [0.3, 0.4) is 0 Å². The second-order valence-electron chi connectivity index (χ2n) is 4.07. The van der Waals surface area contributed by atoms with Crippen molar-refractivity contribution >= 4 is 28.8 Å². The fraction of sp³-hybridized carbons (Fsp3) is 0.583. The monoisotopic (exact) mass is 259 g/mol. The van der Waals surface area contributed by atoms with Crippen molar-refractivity contribution in [2.45, 2.75) is 26.7 Å². The molecule has 0 aromatic carbocycles. The van der Waals surface area contributed by atoms with Crippen LogP contribution in [0.5, 0.6) is 0 Å². The molecule has 0 radical (unpaired) electrons. The number of nitrogens with one attached hydrogen (secondary N) is 1. The average molecular weight is 260 g/mol. The van der Waals surface area contributed by atoms with E-state index in [0.29, 0.717) is 11.8 Å². The third-order valence-electron chi connectivity index (χ3n) is 2.39. The molecule has 1 atom stereocenters. The SMILES string of the molecule is Cc1ccc(C(=O)NCCCC(C)CCl)s1. The topological polar surface area (TPSA) is 29.1 Å². The third kappa shape index (κ3) is 4.54. The van der Waals surface area contributed by atoms with E-state index >= 15 is 0 Å². The van der Waals surface area contributed by atoms with Gasteiger partial charge in [0.25, 0.3) is 5.91 Å². The minimum atomic E-state index is 0.0385. The Labute approximate surface area is 106 Å². The van der Waals surface area contributed by atoms with Gasteiger partial charge in [0.1, 0.15) is 0 Å². The van der Waals surface area contributed by atoms with Crippen molar-refractivity contribution in [3.63, 3.8) is 0 Å². The zero-order valence-corrected chi connectivity index (χ0v) is 11.3. The number of carbonyl (C=O) groups excluding carboxylic acids is 1. The molecule has 1 unspecified atom stereocenters. The van der Waals surface area contributed by atoms with Gasteiger partial charge in [-0.25, -0.2) is 0 Å². The number of carbonyl (C=O) groups is 1. The van der Waals surface area contributed by atoms with Crippen molar-refractivity contribution in [3.8, 4) is 0 Å². The molecule has 90 valence electrons. The summed E-state index contributed by atoms with van der Waals surface area (Å²) in [7, 11) is 0. The highest BCUT2D eigenvalue weighted by atomic mass is 35.5. The van der Waals surface area contributed by atoms with E-state index in [2.05, 4.69) is 12.2 Å². The molecule has 1 rings (SSSR count). The predicted molar refractivity (Wildman–Crippen MR) is 70.5 cm³/mol. The summed E-state index contributed by atoms with van der Waals surface area (Å²) in [6.45, 7) is 4.86. The fourth-order valence-electron chi connectivity index (χ4n) is 1.37. The molecule has 2 nitrogen and oxygen atoms in total. The first-order valence-electron chi connectivity index (χ1n) is 5.54. The van der Waals surface area contributed by atoms with E-state index in [1.54, 1.807) is 0 Å². The summed E-state index contributed by atoms with van der Waals surface area (Å²) < 4.78 is 0. The molecule has 0 aliphatic rings. The van der Waals surface area contributed by atoms with Gasteiger partial charge >= 0.3 is 0 Å². The Balaban J connectivity index is 2.21. The number of halogens is 1. The van der Waals surface area contributed by atoms with Crippen LogP contribution in [0.4, 0.5) is 0 Å². The molecule has 0 aliphatic carbocycles. The highest BCUT2D eigenvalue weighted by Gasteiger charge is 2.07. The van der Waals surface area contributed by atoms with E-state index in [0.717, 1.165) is 24.3 Å². The first-order valence-corrected chi connectivity index (χ1v) is 6.89. The first kappa shape index (κ1) is 13.5. The molecule has 0 bridgehead atoms. The van der Waals surface area contributed by atoms with E-state index in [9.17, 15) is 4.79 Å². The highest BCUT2D eigenvalue weighted by molar-refractivity contribution is 7.13. The number of hydrogen-bond acceptors (Lipinski definition) is 2. The zero-order chi connectivity index (χ0) is 12.0. The molecular weight excluding hydrogens is 242 g/mol. The minimum absolute atomic E-state index is 0.0385. The Bertz CT molecular complexity index is 338. The predicted octanol–water partition coefficient (Wildman–Crippen LogP) is 3.44. The third-order valence-corrected chi connectivity index (χ3v) is 3.91. The quantitative estimate of drug-likeness (QED) is 0.615. The first-order chi connectivity index (χ1) is 7.63. The van der Waals surface area contributed by atoms with Crippen LogP contribution in [0.25, 0.3) is 0 Å². The van der Waals surface area contributed by atoms with Gasteiger partial charge in [-0.15, -0.1) is 22.9 Å². The lowest BCUT2D eigenvalue weighted by Crippen LogP contribution is -2.23. The van der Waals surface area contributed by atoms with Gasteiger partial charge in [-0.3, -0.25) is 4.79 Å². The number of rotatable bonds is 6. The maximum atomic E-state index is 11.6. The van der Waals surface area contributed by atoms with Gasteiger partial charge in [-0.2, -0.15) is 0 Å². The van der Waals surface area contributed by atoms with Crippen molar-refractivity contribution in [1.29, 1.82) is 0 Å². The Kier molecular flexibility index (Phi) is 5.85. The Morgan fingerprint density at radius 3 is 2.88 bits per heavy atom. The number of thiophene rings is 1. The van der Waals surface area contributed by atoms with Crippen molar-refractivity contribution < 1.29 is 4.79 Å². The normalized spacial score (nSPS) is 12.4. The van der Waals surface area contributed by atoms with Gasteiger partial charge in [-0.05, 0) is 37.8 Å². The van der Waals surface area contributed by atoms with Crippen LogP contribution in [0, 0.1) is 12.8 Å². The molecule has 1 N–H and O–H groups in total.